The Morgan fingerprint density at radius 2 is 2.19 bits per heavy atom. The lowest BCUT2D eigenvalue weighted by Gasteiger charge is -2.09. The fourth-order valence-corrected chi connectivity index (χ4v) is 1.57. The number of hydrogen-bond acceptors (Lipinski definition) is 4. The van der Waals surface area contributed by atoms with Crippen molar-refractivity contribution in [1.29, 1.82) is 0 Å². The van der Waals surface area contributed by atoms with Crippen LogP contribution in [0.1, 0.15) is 45.0 Å². The van der Waals surface area contributed by atoms with Crippen LogP contribution in [0.15, 0.2) is 6.33 Å². The molecule has 1 heterocycles. The first-order valence-electron chi connectivity index (χ1n) is 5.95. The van der Waals surface area contributed by atoms with Crippen LogP contribution in [0, 0.1) is 0 Å². The quantitative estimate of drug-likeness (QED) is 0.652. The minimum Gasteiger partial charge on any atom is -0.396 e. The molecule has 0 saturated heterocycles. The molecule has 0 aliphatic rings. The standard InChI is InChI=1S/C11H22N4O/c1-10(2)15-11(13-9-14-15)8-12-6-4-3-5-7-16/h9-10,12,16H,3-8H2,1-2H3. The zero-order valence-corrected chi connectivity index (χ0v) is 10.2. The van der Waals surface area contributed by atoms with Gasteiger partial charge in [0.2, 0.25) is 0 Å². The van der Waals surface area contributed by atoms with Crippen molar-refractivity contribution in [2.75, 3.05) is 13.2 Å². The monoisotopic (exact) mass is 226 g/mol. The summed E-state index contributed by atoms with van der Waals surface area (Å²) in [6, 6.07) is 0.355. The predicted molar refractivity (Wildman–Crippen MR) is 63.1 cm³/mol. The van der Waals surface area contributed by atoms with E-state index in [1.165, 1.54) is 0 Å². The number of aromatic nitrogens is 3. The van der Waals surface area contributed by atoms with E-state index >= 15 is 0 Å². The average molecular weight is 226 g/mol. The molecule has 0 radical (unpaired) electrons. The van der Waals surface area contributed by atoms with Gasteiger partial charge in [0.1, 0.15) is 12.2 Å². The third-order valence-electron chi connectivity index (χ3n) is 2.43. The molecule has 2 N–H and O–H groups in total. The number of rotatable bonds is 8. The number of nitrogens with zero attached hydrogens (tertiary/aromatic N) is 3. The third kappa shape index (κ3) is 4.28. The van der Waals surface area contributed by atoms with Gasteiger partial charge in [0, 0.05) is 12.6 Å². The maximum atomic E-state index is 8.63. The highest BCUT2D eigenvalue weighted by molar-refractivity contribution is 4.85. The van der Waals surface area contributed by atoms with Crippen molar-refractivity contribution in [3.8, 4) is 0 Å². The van der Waals surface area contributed by atoms with Gasteiger partial charge in [-0.2, -0.15) is 5.10 Å². The van der Waals surface area contributed by atoms with Crippen LogP contribution in [-0.4, -0.2) is 33.0 Å². The highest BCUT2D eigenvalue weighted by atomic mass is 16.2. The summed E-state index contributed by atoms with van der Waals surface area (Å²) < 4.78 is 1.93. The van der Waals surface area contributed by atoms with Gasteiger partial charge in [-0.25, -0.2) is 9.67 Å². The fraction of sp³-hybridized carbons (Fsp3) is 0.818. The molecular formula is C11H22N4O. The summed E-state index contributed by atoms with van der Waals surface area (Å²) in [4.78, 5) is 4.22. The first-order chi connectivity index (χ1) is 7.75. The van der Waals surface area contributed by atoms with Crippen LogP contribution in [0.3, 0.4) is 0 Å². The summed E-state index contributed by atoms with van der Waals surface area (Å²) in [5, 5.41) is 16.1. The van der Waals surface area contributed by atoms with Crippen molar-refractivity contribution in [2.24, 2.45) is 0 Å². The zero-order valence-electron chi connectivity index (χ0n) is 10.2. The van der Waals surface area contributed by atoms with Crippen molar-refractivity contribution in [2.45, 2.75) is 45.7 Å². The Bertz CT molecular complexity index is 285. The van der Waals surface area contributed by atoms with E-state index in [0.29, 0.717) is 12.6 Å². The molecule has 0 aliphatic carbocycles. The van der Waals surface area contributed by atoms with Crippen molar-refractivity contribution in [1.82, 2.24) is 20.1 Å². The first-order valence-corrected chi connectivity index (χ1v) is 5.95. The highest BCUT2D eigenvalue weighted by Crippen LogP contribution is 2.04. The molecule has 0 saturated carbocycles. The summed E-state index contributed by atoms with van der Waals surface area (Å²) in [6.45, 7) is 6.21. The first kappa shape index (κ1) is 13.1. The van der Waals surface area contributed by atoms with Crippen molar-refractivity contribution >= 4 is 0 Å². The van der Waals surface area contributed by atoms with Crippen molar-refractivity contribution < 1.29 is 5.11 Å². The van der Waals surface area contributed by atoms with E-state index in [2.05, 4.69) is 29.2 Å². The summed E-state index contributed by atoms with van der Waals surface area (Å²) in [5.74, 6) is 0.983. The fourth-order valence-electron chi connectivity index (χ4n) is 1.57. The molecule has 0 spiro atoms. The Labute approximate surface area is 96.9 Å². The van der Waals surface area contributed by atoms with Crippen LogP contribution < -0.4 is 5.32 Å². The lowest BCUT2D eigenvalue weighted by molar-refractivity contribution is 0.282. The summed E-state index contributed by atoms with van der Waals surface area (Å²) in [7, 11) is 0. The molecule has 5 heteroatoms. The molecule has 5 nitrogen and oxygen atoms in total. The molecule has 0 amide bonds. The second kappa shape index (κ2) is 7.35. The van der Waals surface area contributed by atoms with Gasteiger partial charge in [0.25, 0.3) is 0 Å². The van der Waals surface area contributed by atoms with E-state index in [1.807, 2.05) is 4.68 Å². The van der Waals surface area contributed by atoms with Crippen LogP contribution in [0.5, 0.6) is 0 Å². The van der Waals surface area contributed by atoms with E-state index in [0.717, 1.165) is 38.2 Å². The van der Waals surface area contributed by atoms with Gasteiger partial charge >= 0.3 is 0 Å². The van der Waals surface area contributed by atoms with E-state index < -0.39 is 0 Å². The van der Waals surface area contributed by atoms with Crippen LogP contribution in [-0.2, 0) is 6.54 Å². The normalized spacial score (nSPS) is 11.2. The van der Waals surface area contributed by atoms with Gasteiger partial charge in [-0.1, -0.05) is 0 Å². The highest BCUT2D eigenvalue weighted by Gasteiger charge is 2.05. The van der Waals surface area contributed by atoms with E-state index in [4.69, 9.17) is 5.11 Å². The average Bonchev–Trinajstić information content (AvgIpc) is 2.71. The maximum absolute atomic E-state index is 8.63. The van der Waals surface area contributed by atoms with Crippen LogP contribution >= 0.6 is 0 Å². The summed E-state index contributed by atoms with van der Waals surface area (Å²) >= 11 is 0. The molecule has 0 unspecified atom stereocenters. The smallest absolute Gasteiger partial charge is 0.141 e. The molecule has 0 fully saturated rings. The van der Waals surface area contributed by atoms with Crippen molar-refractivity contribution in [3.63, 3.8) is 0 Å². The second-order valence-corrected chi connectivity index (χ2v) is 4.18. The lowest BCUT2D eigenvalue weighted by Crippen LogP contribution is -2.19. The number of nitrogens with one attached hydrogen (secondary N) is 1. The van der Waals surface area contributed by atoms with Gasteiger partial charge in [0.05, 0.1) is 6.54 Å². The molecule has 1 rings (SSSR count). The van der Waals surface area contributed by atoms with Crippen molar-refractivity contribution in [3.05, 3.63) is 12.2 Å². The maximum Gasteiger partial charge on any atom is 0.141 e. The summed E-state index contributed by atoms with van der Waals surface area (Å²) in [6.07, 6.45) is 4.66. The third-order valence-corrected chi connectivity index (χ3v) is 2.43. The van der Waals surface area contributed by atoms with Crippen LogP contribution in [0.4, 0.5) is 0 Å². The second-order valence-electron chi connectivity index (χ2n) is 4.18. The molecule has 0 aromatic carbocycles. The van der Waals surface area contributed by atoms with Gasteiger partial charge in [-0.15, -0.1) is 0 Å². The van der Waals surface area contributed by atoms with Crippen LogP contribution in [0.25, 0.3) is 0 Å². The Balaban J connectivity index is 2.19. The van der Waals surface area contributed by atoms with Gasteiger partial charge in [-0.05, 0) is 39.7 Å². The largest absolute Gasteiger partial charge is 0.396 e. The molecule has 0 aliphatic heterocycles. The molecule has 1 aromatic heterocycles. The molecule has 92 valence electrons. The number of hydrogen-bond donors (Lipinski definition) is 2. The predicted octanol–water partition coefficient (Wildman–Crippen LogP) is 1.11. The molecular weight excluding hydrogens is 204 g/mol. The SMILES string of the molecule is CC(C)n1ncnc1CNCCCCCO. The molecule has 16 heavy (non-hydrogen) atoms. The summed E-state index contributed by atoms with van der Waals surface area (Å²) in [5.41, 5.74) is 0. The minimum atomic E-state index is 0.293. The Hall–Kier alpha value is -0.940. The number of aliphatic hydroxyl groups excluding tert-OH is 1. The minimum absolute atomic E-state index is 0.293. The Kier molecular flexibility index (Phi) is 6.03. The number of unbranched alkanes of at least 4 members (excludes halogenated alkanes) is 2. The topological polar surface area (TPSA) is 63.0 Å². The zero-order chi connectivity index (χ0) is 11.8. The molecule has 0 bridgehead atoms. The van der Waals surface area contributed by atoms with Gasteiger partial charge in [-0.3, -0.25) is 0 Å². The van der Waals surface area contributed by atoms with Gasteiger partial charge < -0.3 is 10.4 Å². The van der Waals surface area contributed by atoms with E-state index in [1.54, 1.807) is 6.33 Å². The van der Waals surface area contributed by atoms with Crippen LogP contribution in [0.2, 0.25) is 0 Å². The molecule has 1 aromatic rings. The Morgan fingerprint density at radius 3 is 2.88 bits per heavy atom. The molecule has 0 atom stereocenters. The van der Waals surface area contributed by atoms with E-state index in [9.17, 15) is 0 Å². The van der Waals surface area contributed by atoms with Gasteiger partial charge in [0.15, 0.2) is 0 Å². The lowest BCUT2D eigenvalue weighted by atomic mass is 10.2. The number of aliphatic hydroxyl groups is 1. The van der Waals surface area contributed by atoms with E-state index in [-0.39, 0.29) is 0 Å². The Morgan fingerprint density at radius 1 is 1.38 bits per heavy atom.